The highest BCUT2D eigenvalue weighted by atomic mass is 16.5. The lowest BCUT2D eigenvalue weighted by molar-refractivity contribution is 0.0883. The first-order chi connectivity index (χ1) is 8.42. The van der Waals surface area contributed by atoms with Crippen LogP contribution in [0, 0.1) is 5.92 Å². The molecule has 0 aliphatic carbocycles. The summed E-state index contributed by atoms with van der Waals surface area (Å²) in [5, 5.41) is 2.99. The van der Waals surface area contributed by atoms with Crippen molar-refractivity contribution in [1.29, 1.82) is 0 Å². The largest absolute Gasteiger partial charge is 0.497 e. The number of hydrogen-bond acceptors (Lipinski definition) is 3. The highest BCUT2D eigenvalue weighted by Crippen LogP contribution is 2.17. The van der Waals surface area contributed by atoms with E-state index >= 15 is 0 Å². The third-order valence-corrected chi connectivity index (χ3v) is 3.45. The van der Waals surface area contributed by atoms with Gasteiger partial charge in [0.15, 0.2) is 0 Å². The first kappa shape index (κ1) is 14.5. The van der Waals surface area contributed by atoms with Gasteiger partial charge in [0.05, 0.1) is 12.6 Å². The number of nitrogens with one attached hydrogen (secondary N) is 1. The molecule has 0 fully saturated rings. The van der Waals surface area contributed by atoms with Crippen molar-refractivity contribution in [1.82, 2.24) is 5.32 Å². The second kappa shape index (κ2) is 5.87. The minimum Gasteiger partial charge on any atom is -0.497 e. The molecule has 1 unspecified atom stereocenters. The van der Waals surface area contributed by atoms with Crippen molar-refractivity contribution < 1.29 is 9.53 Å². The molecular weight excluding hydrogens is 228 g/mol. The molecule has 0 bridgehead atoms. The summed E-state index contributed by atoms with van der Waals surface area (Å²) in [6.45, 7) is 6.45. The lowest BCUT2D eigenvalue weighted by Gasteiger charge is -2.33. The molecule has 4 heteroatoms. The van der Waals surface area contributed by atoms with E-state index in [1.807, 2.05) is 20.8 Å². The van der Waals surface area contributed by atoms with E-state index in [4.69, 9.17) is 10.5 Å². The summed E-state index contributed by atoms with van der Waals surface area (Å²) in [6.07, 6.45) is 0. The van der Waals surface area contributed by atoms with E-state index in [1.165, 1.54) is 0 Å². The van der Waals surface area contributed by atoms with Crippen molar-refractivity contribution in [2.24, 2.45) is 11.7 Å². The van der Waals surface area contributed by atoms with Crippen LogP contribution in [0.3, 0.4) is 0 Å². The molecule has 3 N–H and O–H groups in total. The maximum Gasteiger partial charge on any atom is 0.251 e. The Labute approximate surface area is 109 Å². The van der Waals surface area contributed by atoms with E-state index in [-0.39, 0.29) is 11.8 Å². The molecule has 100 valence electrons. The average Bonchev–Trinajstić information content (AvgIpc) is 2.38. The van der Waals surface area contributed by atoms with Crippen LogP contribution in [0.4, 0.5) is 0 Å². The lowest BCUT2D eigenvalue weighted by Crippen LogP contribution is -2.55. The normalized spacial score (nSPS) is 14.1. The van der Waals surface area contributed by atoms with Gasteiger partial charge in [-0.1, -0.05) is 13.8 Å². The van der Waals surface area contributed by atoms with Crippen LogP contribution >= 0.6 is 0 Å². The maximum atomic E-state index is 12.1. The molecule has 0 saturated carbocycles. The van der Waals surface area contributed by atoms with Crippen LogP contribution in [-0.4, -0.2) is 25.1 Å². The summed E-state index contributed by atoms with van der Waals surface area (Å²) in [5.41, 5.74) is 5.96. The Hall–Kier alpha value is -1.55. The third-order valence-electron chi connectivity index (χ3n) is 3.45. The molecule has 0 saturated heterocycles. The van der Waals surface area contributed by atoms with Crippen molar-refractivity contribution in [3.8, 4) is 5.75 Å². The van der Waals surface area contributed by atoms with Gasteiger partial charge in [-0.25, -0.2) is 0 Å². The number of hydrogen-bond donors (Lipinski definition) is 2. The van der Waals surface area contributed by atoms with E-state index < -0.39 is 5.54 Å². The Morgan fingerprint density at radius 2 is 1.94 bits per heavy atom. The topological polar surface area (TPSA) is 64.3 Å². The summed E-state index contributed by atoms with van der Waals surface area (Å²) in [4.78, 5) is 12.1. The number of carbonyl (C=O) groups excluding carboxylic acids is 1. The summed E-state index contributed by atoms with van der Waals surface area (Å²) < 4.78 is 5.06. The molecule has 1 aromatic carbocycles. The molecule has 1 rings (SSSR count). The fraction of sp³-hybridized carbons (Fsp3) is 0.500. The molecule has 1 aromatic rings. The zero-order valence-electron chi connectivity index (χ0n) is 11.5. The highest BCUT2D eigenvalue weighted by Gasteiger charge is 2.28. The average molecular weight is 250 g/mol. The minimum absolute atomic E-state index is 0.112. The first-order valence-corrected chi connectivity index (χ1v) is 6.09. The second-order valence-corrected chi connectivity index (χ2v) is 4.96. The quantitative estimate of drug-likeness (QED) is 0.837. The van der Waals surface area contributed by atoms with E-state index in [1.54, 1.807) is 31.4 Å². The van der Waals surface area contributed by atoms with Crippen LogP contribution in [-0.2, 0) is 0 Å². The number of amides is 1. The van der Waals surface area contributed by atoms with E-state index in [9.17, 15) is 4.79 Å². The molecule has 0 spiro atoms. The van der Waals surface area contributed by atoms with E-state index in [0.29, 0.717) is 12.1 Å². The van der Waals surface area contributed by atoms with Gasteiger partial charge < -0.3 is 15.8 Å². The number of benzene rings is 1. The smallest absolute Gasteiger partial charge is 0.251 e. The Morgan fingerprint density at radius 3 is 2.33 bits per heavy atom. The van der Waals surface area contributed by atoms with Gasteiger partial charge in [0, 0.05) is 12.1 Å². The zero-order chi connectivity index (χ0) is 13.8. The van der Waals surface area contributed by atoms with Gasteiger partial charge >= 0.3 is 0 Å². The molecular formula is C14H22N2O2. The lowest BCUT2D eigenvalue weighted by atomic mass is 9.88. The first-order valence-electron chi connectivity index (χ1n) is 6.09. The summed E-state index contributed by atoms with van der Waals surface area (Å²) in [6, 6.07) is 7.02. The molecule has 0 radical (unpaired) electrons. The number of methoxy groups -OCH3 is 1. The number of nitrogens with two attached hydrogens (primary N) is 1. The minimum atomic E-state index is -0.392. The van der Waals surface area contributed by atoms with Crippen LogP contribution in [0.1, 0.15) is 31.1 Å². The van der Waals surface area contributed by atoms with Gasteiger partial charge in [0.1, 0.15) is 5.75 Å². The second-order valence-electron chi connectivity index (χ2n) is 4.96. The fourth-order valence-electron chi connectivity index (χ4n) is 1.50. The monoisotopic (exact) mass is 250 g/mol. The van der Waals surface area contributed by atoms with Crippen LogP contribution in [0.5, 0.6) is 5.75 Å². The standard InChI is InChI=1S/C14H22N2O2/c1-10(2)14(3,9-15)16-13(17)11-5-7-12(18-4)8-6-11/h5-8,10H,9,15H2,1-4H3,(H,16,17). The van der Waals surface area contributed by atoms with Gasteiger partial charge in [0.25, 0.3) is 5.91 Å². The summed E-state index contributed by atoms with van der Waals surface area (Å²) in [5.74, 6) is 0.890. The van der Waals surface area contributed by atoms with E-state index in [0.717, 1.165) is 5.75 Å². The van der Waals surface area contributed by atoms with Gasteiger partial charge in [0.2, 0.25) is 0 Å². The Balaban J connectivity index is 2.81. The molecule has 1 atom stereocenters. The maximum absolute atomic E-state index is 12.1. The van der Waals surface area contributed by atoms with Crippen molar-refractivity contribution in [3.05, 3.63) is 29.8 Å². The van der Waals surface area contributed by atoms with Crippen molar-refractivity contribution in [3.63, 3.8) is 0 Å². The van der Waals surface area contributed by atoms with Gasteiger partial charge in [-0.3, -0.25) is 4.79 Å². The van der Waals surface area contributed by atoms with Crippen LogP contribution in [0.2, 0.25) is 0 Å². The third kappa shape index (κ3) is 3.23. The summed E-state index contributed by atoms with van der Waals surface area (Å²) >= 11 is 0. The van der Waals surface area contributed by atoms with Crippen molar-refractivity contribution in [2.45, 2.75) is 26.3 Å². The molecule has 4 nitrogen and oxygen atoms in total. The fourth-order valence-corrected chi connectivity index (χ4v) is 1.50. The van der Waals surface area contributed by atoms with Gasteiger partial charge in [-0.05, 0) is 37.1 Å². The van der Waals surface area contributed by atoms with Crippen molar-refractivity contribution >= 4 is 5.91 Å². The predicted octanol–water partition coefficient (Wildman–Crippen LogP) is 1.80. The predicted molar refractivity (Wildman–Crippen MR) is 72.8 cm³/mol. The Kier molecular flexibility index (Phi) is 4.73. The molecule has 0 heterocycles. The zero-order valence-corrected chi connectivity index (χ0v) is 11.5. The number of rotatable bonds is 5. The number of carbonyl (C=O) groups is 1. The molecule has 1 amide bonds. The van der Waals surface area contributed by atoms with Crippen LogP contribution in [0.25, 0.3) is 0 Å². The Bertz CT molecular complexity index is 401. The summed E-state index contributed by atoms with van der Waals surface area (Å²) in [7, 11) is 1.60. The molecule has 18 heavy (non-hydrogen) atoms. The molecule has 0 aliphatic heterocycles. The highest BCUT2D eigenvalue weighted by molar-refractivity contribution is 5.94. The number of ether oxygens (including phenoxy) is 1. The SMILES string of the molecule is COc1ccc(C(=O)NC(C)(CN)C(C)C)cc1. The van der Waals surface area contributed by atoms with Crippen LogP contribution < -0.4 is 15.8 Å². The Morgan fingerprint density at radius 1 is 1.39 bits per heavy atom. The van der Waals surface area contributed by atoms with Crippen molar-refractivity contribution in [2.75, 3.05) is 13.7 Å². The van der Waals surface area contributed by atoms with Gasteiger partial charge in [-0.2, -0.15) is 0 Å². The van der Waals surface area contributed by atoms with E-state index in [2.05, 4.69) is 5.32 Å². The van der Waals surface area contributed by atoms with Gasteiger partial charge in [-0.15, -0.1) is 0 Å². The molecule has 0 aromatic heterocycles. The molecule has 0 aliphatic rings. The van der Waals surface area contributed by atoms with Crippen LogP contribution in [0.15, 0.2) is 24.3 Å².